The van der Waals surface area contributed by atoms with E-state index in [1.165, 1.54) is 27.7 Å². The molecule has 0 radical (unpaired) electrons. The Morgan fingerprint density at radius 3 is 2.80 bits per heavy atom. The van der Waals surface area contributed by atoms with Crippen LogP contribution < -0.4 is 15.6 Å². The third kappa shape index (κ3) is 4.46. The number of fused-ring (bicyclic) bond motifs is 1. The van der Waals surface area contributed by atoms with E-state index >= 15 is 0 Å². The van der Waals surface area contributed by atoms with Gasteiger partial charge >= 0.3 is 0 Å². The number of methoxy groups -OCH3 is 1. The van der Waals surface area contributed by atoms with Crippen molar-refractivity contribution < 1.29 is 14.3 Å². The minimum atomic E-state index is -0.346. The monoisotopic (exact) mass is 444 g/mol. The van der Waals surface area contributed by atoms with Crippen molar-refractivity contribution in [1.82, 2.24) is 31.1 Å². The number of aromatic nitrogens is 4. The number of tetrazole rings is 1. The highest BCUT2D eigenvalue weighted by atomic mass is 32.2. The van der Waals surface area contributed by atoms with Crippen molar-refractivity contribution in [3.63, 3.8) is 0 Å². The van der Waals surface area contributed by atoms with Crippen LogP contribution in [-0.2, 0) is 17.6 Å². The fourth-order valence-electron chi connectivity index (χ4n) is 3.20. The number of carbonyl (C=O) groups is 2. The van der Waals surface area contributed by atoms with Crippen LogP contribution in [0.5, 0.6) is 5.75 Å². The lowest BCUT2D eigenvalue weighted by molar-refractivity contribution is -0.119. The molecule has 0 saturated heterocycles. The van der Waals surface area contributed by atoms with Gasteiger partial charge < -0.3 is 4.74 Å². The van der Waals surface area contributed by atoms with E-state index in [-0.39, 0.29) is 17.6 Å². The first kappa shape index (κ1) is 20.4. The summed E-state index contributed by atoms with van der Waals surface area (Å²) in [5.41, 5.74) is 7.50. The highest BCUT2D eigenvalue weighted by molar-refractivity contribution is 7.99. The van der Waals surface area contributed by atoms with Crippen LogP contribution in [0.2, 0.25) is 0 Å². The van der Waals surface area contributed by atoms with Crippen LogP contribution in [0.1, 0.15) is 33.6 Å². The molecule has 0 fully saturated rings. The SMILES string of the molecule is COc1ccc(-n2nnnc2SCC(=O)NNC(=O)c2csc3c2CCCC3)cc1. The number of hydrogen-bond acceptors (Lipinski definition) is 8. The average Bonchev–Trinajstić information content (AvgIpc) is 3.43. The van der Waals surface area contributed by atoms with Gasteiger partial charge in [0.15, 0.2) is 0 Å². The Morgan fingerprint density at radius 1 is 1.20 bits per heavy atom. The summed E-state index contributed by atoms with van der Waals surface area (Å²) in [5, 5.41) is 13.9. The molecule has 3 aromatic rings. The fraction of sp³-hybridized carbons (Fsp3) is 0.316. The number of benzene rings is 1. The molecule has 0 bridgehead atoms. The number of thioether (sulfide) groups is 1. The van der Waals surface area contributed by atoms with E-state index in [1.807, 2.05) is 17.5 Å². The Kier molecular flexibility index (Phi) is 6.29. The van der Waals surface area contributed by atoms with Gasteiger partial charge in [-0.1, -0.05) is 11.8 Å². The van der Waals surface area contributed by atoms with Gasteiger partial charge in [0.25, 0.3) is 5.91 Å². The van der Waals surface area contributed by atoms with Gasteiger partial charge in [0.05, 0.1) is 24.1 Å². The lowest BCUT2D eigenvalue weighted by Crippen LogP contribution is -2.42. The fourth-order valence-corrected chi connectivity index (χ4v) is 5.02. The molecular weight excluding hydrogens is 424 g/mol. The van der Waals surface area contributed by atoms with E-state index in [4.69, 9.17) is 4.74 Å². The van der Waals surface area contributed by atoms with Gasteiger partial charge in [-0.15, -0.1) is 16.4 Å². The van der Waals surface area contributed by atoms with Crippen molar-refractivity contribution in [1.29, 1.82) is 0 Å². The molecule has 9 nitrogen and oxygen atoms in total. The zero-order chi connectivity index (χ0) is 20.9. The van der Waals surface area contributed by atoms with Gasteiger partial charge in [-0.05, 0) is 65.9 Å². The molecule has 2 N–H and O–H groups in total. The van der Waals surface area contributed by atoms with Crippen LogP contribution in [0, 0.1) is 0 Å². The van der Waals surface area contributed by atoms with E-state index in [1.54, 1.807) is 30.6 Å². The van der Waals surface area contributed by atoms with Crippen molar-refractivity contribution in [3.05, 3.63) is 45.6 Å². The van der Waals surface area contributed by atoms with Gasteiger partial charge in [-0.25, -0.2) is 0 Å². The number of thiophene rings is 1. The normalized spacial score (nSPS) is 12.8. The van der Waals surface area contributed by atoms with Crippen molar-refractivity contribution >= 4 is 34.9 Å². The Morgan fingerprint density at radius 2 is 2.00 bits per heavy atom. The zero-order valence-corrected chi connectivity index (χ0v) is 17.9. The maximum absolute atomic E-state index is 12.4. The number of ether oxygens (including phenoxy) is 1. The molecule has 4 rings (SSSR count). The number of aryl methyl sites for hydroxylation is 1. The molecule has 30 heavy (non-hydrogen) atoms. The Hall–Kier alpha value is -2.92. The molecule has 1 aromatic carbocycles. The minimum Gasteiger partial charge on any atom is -0.497 e. The Bertz CT molecular complexity index is 1050. The molecule has 2 amide bonds. The first-order valence-electron chi connectivity index (χ1n) is 9.39. The molecular formula is C19H20N6O3S2. The second kappa shape index (κ2) is 9.26. The Balaban J connectivity index is 1.31. The summed E-state index contributed by atoms with van der Waals surface area (Å²) in [7, 11) is 1.60. The van der Waals surface area contributed by atoms with Gasteiger partial charge in [0, 0.05) is 10.3 Å². The smallest absolute Gasteiger partial charge is 0.270 e. The van der Waals surface area contributed by atoms with Gasteiger partial charge in [0.2, 0.25) is 11.1 Å². The van der Waals surface area contributed by atoms with Gasteiger partial charge in [-0.3, -0.25) is 20.4 Å². The van der Waals surface area contributed by atoms with Gasteiger partial charge in [0.1, 0.15) is 5.75 Å². The van der Waals surface area contributed by atoms with Crippen LogP contribution in [0.4, 0.5) is 0 Å². The predicted octanol–water partition coefficient (Wildman–Crippen LogP) is 2.16. The van der Waals surface area contributed by atoms with Crippen molar-refractivity contribution in [2.45, 2.75) is 30.8 Å². The Labute approximate surface area is 181 Å². The molecule has 0 unspecified atom stereocenters. The second-order valence-corrected chi connectivity index (χ2v) is 8.53. The van der Waals surface area contributed by atoms with Crippen molar-refractivity contribution in [2.75, 3.05) is 12.9 Å². The summed E-state index contributed by atoms with van der Waals surface area (Å²) < 4.78 is 6.68. The van der Waals surface area contributed by atoms with Crippen LogP contribution in [0.15, 0.2) is 34.8 Å². The molecule has 2 aromatic heterocycles. The predicted molar refractivity (Wildman–Crippen MR) is 113 cm³/mol. The summed E-state index contributed by atoms with van der Waals surface area (Å²) in [6, 6.07) is 7.25. The lowest BCUT2D eigenvalue weighted by atomic mass is 9.96. The topological polar surface area (TPSA) is 111 Å². The molecule has 11 heteroatoms. The number of hydrazine groups is 1. The number of nitrogens with one attached hydrogen (secondary N) is 2. The number of amides is 2. The standard InChI is InChI=1S/C19H20N6O3S2/c1-28-13-8-6-12(7-9-13)25-19(22-23-24-25)30-11-17(26)20-21-18(27)15-10-29-16-5-3-2-4-14(15)16/h6-10H,2-5,11H2,1H3,(H,20,26)(H,21,27). The van der Waals surface area contributed by atoms with Crippen LogP contribution >= 0.6 is 23.1 Å². The number of rotatable bonds is 6. The van der Waals surface area contributed by atoms with Crippen LogP contribution in [0.3, 0.4) is 0 Å². The zero-order valence-electron chi connectivity index (χ0n) is 16.3. The summed E-state index contributed by atoms with van der Waals surface area (Å²) in [4.78, 5) is 25.9. The minimum absolute atomic E-state index is 0.0541. The molecule has 1 aliphatic carbocycles. The maximum atomic E-state index is 12.4. The van der Waals surface area contributed by atoms with Crippen LogP contribution in [-0.4, -0.2) is 44.9 Å². The largest absolute Gasteiger partial charge is 0.497 e. The number of carbonyl (C=O) groups excluding carboxylic acids is 2. The summed E-state index contributed by atoms with van der Waals surface area (Å²) in [6.45, 7) is 0. The molecule has 156 valence electrons. The summed E-state index contributed by atoms with van der Waals surface area (Å²) in [5.74, 6) is 0.152. The van der Waals surface area contributed by atoms with E-state index < -0.39 is 0 Å². The first-order valence-corrected chi connectivity index (χ1v) is 11.3. The molecule has 0 atom stereocenters. The third-order valence-corrected chi connectivity index (χ3v) is 6.72. The lowest BCUT2D eigenvalue weighted by Gasteiger charge is -2.13. The van der Waals surface area contributed by atoms with Crippen molar-refractivity contribution in [2.24, 2.45) is 0 Å². The molecule has 0 saturated carbocycles. The van der Waals surface area contributed by atoms with Crippen molar-refractivity contribution in [3.8, 4) is 11.4 Å². The quantitative estimate of drug-likeness (QED) is 0.443. The molecule has 0 aliphatic heterocycles. The van der Waals surface area contributed by atoms with E-state index in [2.05, 4.69) is 26.4 Å². The molecule has 2 heterocycles. The molecule has 1 aliphatic rings. The average molecular weight is 445 g/mol. The van der Waals surface area contributed by atoms with Crippen LogP contribution in [0.25, 0.3) is 5.69 Å². The highest BCUT2D eigenvalue weighted by Gasteiger charge is 2.20. The van der Waals surface area contributed by atoms with E-state index in [0.717, 1.165) is 36.3 Å². The van der Waals surface area contributed by atoms with Gasteiger partial charge in [-0.2, -0.15) is 4.68 Å². The summed E-state index contributed by atoms with van der Waals surface area (Å²) in [6.07, 6.45) is 4.20. The van der Waals surface area contributed by atoms with E-state index in [0.29, 0.717) is 10.7 Å². The van der Waals surface area contributed by atoms with E-state index in [9.17, 15) is 9.59 Å². The number of nitrogens with zero attached hydrogens (tertiary/aromatic N) is 4. The second-order valence-electron chi connectivity index (χ2n) is 6.62. The first-order chi connectivity index (χ1) is 14.7. The molecule has 0 spiro atoms. The summed E-state index contributed by atoms with van der Waals surface area (Å²) >= 11 is 2.79. The third-order valence-electron chi connectivity index (χ3n) is 4.71. The maximum Gasteiger partial charge on any atom is 0.270 e. The highest BCUT2D eigenvalue weighted by Crippen LogP contribution is 2.30. The number of hydrogen-bond donors (Lipinski definition) is 2.